The minimum absolute atomic E-state index is 0.229. The summed E-state index contributed by atoms with van der Waals surface area (Å²) in [5, 5.41) is 6.37. The van der Waals surface area contributed by atoms with E-state index in [-0.39, 0.29) is 5.91 Å². The van der Waals surface area contributed by atoms with Crippen LogP contribution in [0.25, 0.3) is 0 Å². The van der Waals surface area contributed by atoms with Gasteiger partial charge in [0.1, 0.15) is 0 Å². The van der Waals surface area contributed by atoms with E-state index in [1.54, 1.807) is 11.3 Å². The van der Waals surface area contributed by atoms with Crippen molar-refractivity contribution >= 4 is 22.4 Å². The maximum atomic E-state index is 12.1. The second kappa shape index (κ2) is 8.11. The summed E-state index contributed by atoms with van der Waals surface area (Å²) in [5.41, 5.74) is 0. The van der Waals surface area contributed by atoms with E-state index in [1.807, 2.05) is 11.6 Å². The van der Waals surface area contributed by atoms with Crippen LogP contribution in [0.5, 0.6) is 0 Å². The second-order valence-corrected chi connectivity index (χ2v) is 7.68. The van der Waals surface area contributed by atoms with Crippen LogP contribution in [0.2, 0.25) is 0 Å². The molecule has 6 heteroatoms. The molecule has 0 aromatic carbocycles. The summed E-state index contributed by atoms with van der Waals surface area (Å²) in [6, 6.07) is 0.883. The average molecular weight is 337 g/mol. The normalized spacial score (nSPS) is 23.9. The van der Waals surface area contributed by atoms with Gasteiger partial charge in [0.05, 0.1) is 0 Å². The van der Waals surface area contributed by atoms with Gasteiger partial charge in [0.15, 0.2) is 5.13 Å². The Hall–Kier alpha value is -1.14. The molecular formula is C17H28N4OS. The predicted octanol–water partition coefficient (Wildman–Crippen LogP) is 2.49. The van der Waals surface area contributed by atoms with E-state index < -0.39 is 0 Å². The highest BCUT2D eigenvalue weighted by Gasteiger charge is 2.25. The SMILES string of the molecule is C[C@@H]1CN(CCC(=O)NC2CCCCC2)CCN1c1nccs1. The Balaban J connectivity index is 1.39. The molecule has 0 radical (unpaired) electrons. The first kappa shape index (κ1) is 16.7. The average Bonchev–Trinajstić information content (AvgIpc) is 3.08. The number of thiazole rings is 1. The molecule has 1 N–H and O–H groups in total. The minimum Gasteiger partial charge on any atom is -0.353 e. The summed E-state index contributed by atoms with van der Waals surface area (Å²) < 4.78 is 0. The number of rotatable bonds is 5. The van der Waals surface area contributed by atoms with Crippen LogP contribution in [0, 0.1) is 0 Å². The number of piperazine rings is 1. The fourth-order valence-corrected chi connectivity index (χ4v) is 4.46. The van der Waals surface area contributed by atoms with Crippen LogP contribution < -0.4 is 10.2 Å². The number of amides is 1. The molecule has 1 atom stereocenters. The van der Waals surface area contributed by atoms with Crippen molar-refractivity contribution in [1.82, 2.24) is 15.2 Å². The highest BCUT2D eigenvalue weighted by Crippen LogP contribution is 2.22. The Morgan fingerprint density at radius 1 is 1.35 bits per heavy atom. The smallest absolute Gasteiger partial charge is 0.221 e. The maximum absolute atomic E-state index is 12.1. The lowest BCUT2D eigenvalue weighted by atomic mass is 9.95. The molecule has 1 aliphatic heterocycles. The molecule has 1 saturated carbocycles. The van der Waals surface area contributed by atoms with Crippen molar-refractivity contribution in [1.29, 1.82) is 0 Å². The fourth-order valence-electron chi connectivity index (χ4n) is 3.68. The molecule has 3 rings (SSSR count). The zero-order valence-electron chi connectivity index (χ0n) is 14.0. The minimum atomic E-state index is 0.229. The highest BCUT2D eigenvalue weighted by molar-refractivity contribution is 7.13. The van der Waals surface area contributed by atoms with Crippen molar-refractivity contribution in [2.45, 2.75) is 57.5 Å². The molecule has 1 aliphatic carbocycles. The molecular weight excluding hydrogens is 308 g/mol. The Bertz CT molecular complexity index is 487. The van der Waals surface area contributed by atoms with Crippen LogP contribution in [0.15, 0.2) is 11.6 Å². The van der Waals surface area contributed by atoms with Gasteiger partial charge in [0.25, 0.3) is 0 Å². The molecule has 1 amide bonds. The quantitative estimate of drug-likeness (QED) is 0.897. The van der Waals surface area contributed by atoms with Crippen molar-refractivity contribution in [2.75, 3.05) is 31.1 Å². The van der Waals surface area contributed by atoms with Gasteiger partial charge in [-0.25, -0.2) is 4.98 Å². The van der Waals surface area contributed by atoms with Crippen LogP contribution >= 0.6 is 11.3 Å². The van der Waals surface area contributed by atoms with Crippen LogP contribution in [0.4, 0.5) is 5.13 Å². The van der Waals surface area contributed by atoms with Gasteiger partial charge in [-0.15, -0.1) is 11.3 Å². The maximum Gasteiger partial charge on any atom is 0.221 e. The summed E-state index contributed by atoms with van der Waals surface area (Å²) in [6.07, 6.45) is 8.68. The summed E-state index contributed by atoms with van der Waals surface area (Å²) in [6.45, 7) is 6.14. The Morgan fingerprint density at radius 3 is 2.87 bits per heavy atom. The predicted molar refractivity (Wildman–Crippen MR) is 95.0 cm³/mol. The van der Waals surface area contributed by atoms with Crippen LogP contribution in [-0.4, -0.2) is 54.1 Å². The van der Waals surface area contributed by atoms with E-state index in [0.29, 0.717) is 18.5 Å². The Morgan fingerprint density at radius 2 is 2.17 bits per heavy atom. The number of carbonyl (C=O) groups is 1. The molecule has 23 heavy (non-hydrogen) atoms. The molecule has 0 unspecified atom stereocenters. The zero-order valence-corrected chi connectivity index (χ0v) is 14.9. The zero-order chi connectivity index (χ0) is 16.1. The van der Waals surface area contributed by atoms with E-state index in [2.05, 4.69) is 27.0 Å². The van der Waals surface area contributed by atoms with Gasteiger partial charge in [-0.3, -0.25) is 9.69 Å². The van der Waals surface area contributed by atoms with Crippen molar-refractivity contribution in [3.8, 4) is 0 Å². The first-order valence-corrected chi connectivity index (χ1v) is 9.78. The standard InChI is InChI=1S/C17H28N4OS/c1-14-13-20(10-11-21(14)17-18-8-12-23-17)9-7-16(22)19-15-5-3-2-4-6-15/h8,12,14-15H,2-7,9-11,13H2,1H3,(H,19,22)/t14-/m1/s1. The van der Waals surface area contributed by atoms with E-state index in [4.69, 9.17) is 0 Å². The lowest BCUT2D eigenvalue weighted by molar-refractivity contribution is -0.122. The lowest BCUT2D eigenvalue weighted by Gasteiger charge is -2.39. The summed E-state index contributed by atoms with van der Waals surface area (Å²) in [4.78, 5) is 21.3. The van der Waals surface area contributed by atoms with Gasteiger partial charge < -0.3 is 10.2 Å². The molecule has 0 spiro atoms. The van der Waals surface area contributed by atoms with Gasteiger partial charge in [-0.1, -0.05) is 19.3 Å². The number of anilines is 1. The number of carbonyl (C=O) groups excluding carboxylic acids is 1. The van der Waals surface area contributed by atoms with Crippen LogP contribution in [0.3, 0.4) is 0 Å². The molecule has 0 bridgehead atoms. The summed E-state index contributed by atoms with van der Waals surface area (Å²) in [7, 11) is 0. The van der Waals surface area contributed by atoms with Crippen LogP contribution in [0.1, 0.15) is 45.4 Å². The molecule has 5 nitrogen and oxygen atoms in total. The number of nitrogens with zero attached hydrogens (tertiary/aromatic N) is 3. The Labute approximate surface area is 143 Å². The molecule has 1 aromatic rings. The number of hydrogen-bond acceptors (Lipinski definition) is 5. The Kier molecular flexibility index (Phi) is 5.89. The molecule has 1 aromatic heterocycles. The number of aromatic nitrogens is 1. The topological polar surface area (TPSA) is 48.5 Å². The second-order valence-electron chi connectivity index (χ2n) is 6.81. The third kappa shape index (κ3) is 4.67. The van der Waals surface area contributed by atoms with Crippen molar-refractivity contribution in [2.24, 2.45) is 0 Å². The van der Waals surface area contributed by atoms with Crippen molar-refractivity contribution < 1.29 is 4.79 Å². The van der Waals surface area contributed by atoms with E-state index in [9.17, 15) is 4.79 Å². The van der Waals surface area contributed by atoms with E-state index in [1.165, 1.54) is 19.3 Å². The molecule has 128 valence electrons. The monoisotopic (exact) mass is 336 g/mol. The van der Waals surface area contributed by atoms with Crippen LogP contribution in [-0.2, 0) is 4.79 Å². The van der Waals surface area contributed by atoms with Gasteiger partial charge in [0, 0.05) is 56.3 Å². The fraction of sp³-hybridized carbons (Fsp3) is 0.765. The number of hydrogen-bond donors (Lipinski definition) is 1. The van der Waals surface area contributed by atoms with Crippen molar-refractivity contribution in [3.63, 3.8) is 0 Å². The third-order valence-corrected chi connectivity index (χ3v) is 5.81. The van der Waals surface area contributed by atoms with Gasteiger partial charge >= 0.3 is 0 Å². The molecule has 2 heterocycles. The van der Waals surface area contributed by atoms with E-state index in [0.717, 1.165) is 44.2 Å². The molecule has 2 aliphatic rings. The number of nitrogens with one attached hydrogen (secondary N) is 1. The van der Waals surface area contributed by atoms with E-state index >= 15 is 0 Å². The summed E-state index contributed by atoms with van der Waals surface area (Å²) in [5.74, 6) is 0.229. The third-order valence-electron chi connectivity index (χ3n) is 5.00. The first-order chi connectivity index (χ1) is 11.2. The van der Waals surface area contributed by atoms with Gasteiger partial charge in [-0.05, 0) is 19.8 Å². The summed E-state index contributed by atoms with van der Waals surface area (Å²) >= 11 is 1.70. The molecule has 1 saturated heterocycles. The molecule has 2 fully saturated rings. The van der Waals surface area contributed by atoms with Gasteiger partial charge in [0.2, 0.25) is 5.91 Å². The van der Waals surface area contributed by atoms with Gasteiger partial charge in [-0.2, -0.15) is 0 Å². The lowest BCUT2D eigenvalue weighted by Crippen LogP contribution is -2.52. The highest BCUT2D eigenvalue weighted by atomic mass is 32.1. The first-order valence-electron chi connectivity index (χ1n) is 8.90. The largest absolute Gasteiger partial charge is 0.353 e. The van der Waals surface area contributed by atoms with Crippen molar-refractivity contribution in [3.05, 3.63) is 11.6 Å².